The number of carbonyl (C=O) groups is 4. The molecule has 3 heterocycles. The Bertz CT molecular complexity index is 2150. The highest BCUT2D eigenvalue weighted by Gasteiger charge is 2.61. The number of carbonyl (C=O) groups excluding carboxylic acids is 3. The van der Waals surface area contributed by atoms with Crippen LogP contribution in [0, 0.1) is 17.3 Å². The molecule has 3 unspecified atom stereocenters. The fourth-order valence-corrected chi connectivity index (χ4v) is 8.01. The zero-order valence-corrected chi connectivity index (χ0v) is 31.8. The van der Waals surface area contributed by atoms with E-state index in [1.165, 1.54) is 16.5 Å². The van der Waals surface area contributed by atoms with Crippen molar-refractivity contribution in [2.75, 3.05) is 20.2 Å². The van der Waals surface area contributed by atoms with E-state index in [-0.39, 0.29) is 37.6 Å². The Labute approximate surface area is 321 Å². The number of nitrogens with one attached hydrogen (secondary N) is 1. The topological polar surface area (TPSA) is 138 Å². The summed E-state index contributed by atoms with van der Waals surface area (Å²) in [7, 11) is 1.59. The van der Waals surface area contributed by atoms with Crippen LogP contribution in [-0.2, 0) is 32.1 Å². The highest BCUT2D eigenvalue weighted by Crippen LogP contribution is 2.45. The first-order chi connectivity index (χ1) is 26.3. The molecule has 4 aromatic rings. The summed E-state index contributed by atoms with van der Waals surface area (Å²) in [5.74, 6) is -2.24. The number of hydrogen-bond acceptors (Lipinski definition) is 7. The minimum Gasteiger partial charge on any atom is -0.497 e. The van der Waals surface area contributed by atoms with E-state index in [2.05, 4.69) is 18.0 Å². The quantitative estimate of drug-likeness (QED) is 0.177. The Morgan fingerprint density at radius 1 is 1.04 bits per heavy atom. The molecule has 0 bridgehead atoms. The maximum atomic E-state index is 14.8. The number of carboxylic acids is 1. The van der Waals surface area contributed by atoms with Gasteiger partial charge in [-0.1, -0.05) is 81.4 Å². The van der Waals surface area contributed by atoms with Crippen molar-refractivity contribution in [3.8, 4) is 22.8 Å². The van der Waals surface area contributed by atoms with Gasteiger partial charge in [0.05, 0.1) is 30.8 Å². The SMILES string of the molecule is C=CC1CC1(NC(=O)[C@@H]1C[C@@H](Oc2cc(-c3ccccc3)nc3cc(OC)ccc23)CN1C(=O)C(CC(=O)N1CCc2ccccc2C1)C(C)(C)C)C(=O)O. The van der Waals surface area contributed by atoms with E-state index >= 15 is 0 Å². The number of pyridine rings is 1. The molecule has 2 aliphatic heterocycles. The summed E-state index contributed by atoms with van der Waals surface area (Å²) >= 11 is 0. The summed E-state index contributed by atoms with van der Waals surface area (Å²) in [6.45, 7) is 10.6. The minimum absolute atomic E-state index is 0.0320. The normalized spacial score (nSPS) is 22.4. The molecule has 1 aliphatic carbocycles. The number of aliphatic carboxylic acids is 1. The molecule has 5 atom stereocenters. The molecular weight excluding hydrogens is 697 g/mol. The summed E-state index contributed by atoms with van der Waals surface area (Å²) in [6, 6.07) is 24.1. The van der Waals surface area contributed by atoms with Gasteiger partial charge in [-0.15, -0.1) is 6.58 Å². The van der Waals surface area contributed by atoms with Gasteiger partial charge in [-0.3, -0.25) is 14.4 Å². The Morgan fingerprint density at radius 3 is 2.44 bits per heavy atom. The maximum absolute atomic E-state index is 14.8. The Kier molecular flexibility index (Phi) is 10.1. The lowest BCUT2D eigenvalue weighted by Gasteiger charge is -2.36. The molecule has 11 nitrogen and oxygen atoms in total. The van der Waals surface area contributed by atoms with Crippen LogP contribution in [0.5, 0.6) is 11.5 Å². The number of aromatic nitrogens is 1. The van der Waals surface area contributed by atoms with Gasteiger partial charge in [0.2, 0.25) is 17.7 Å². The lowest BCUT2D eigenvalue weighted by atomic mass is 9.77. The molecule has 3 aliphatic rings. The van der Waals surface area contributed by atoms with Gasteiger partial charge in [0.15, 0.2) is 0 Å². The van der Waals surface area contributed by atoms with E-state index < -0.39 is 46.8 Å². The molecule has 3 amide bonds. The number of fused-ring (bicyclic) bond motifs is 2. The highest BCUT2D eigenvalue weighted by molar-refractivity contribution is 5.96. The number of ether oxygens (including phenoxy) is 2. The molecule has 286 valence electrons. The number of nitrogens with zero attached hydrogens (tertiary/aromatic N) is 3. The third-order valence-electron chi connectivity index (χ3n) is 11.4. The second kappa shape index (κ2) is 14.8. The average Bonchev–Trinajstić information content (AvgIpc) is 3.75. The van der Waals surface area contributed by atoms with Crippen molar-refractivity contribution in [2.45, 2.75) is 70.7 Å². The number of benzene rings is 3. The molecule has 1 saturated carbocycles. The van der Waals surface area contributed by atoms with Crippen LogP contribution in [0.2, 0.25) is 0 Å². The Hall–Kier alpha value is -5.71. The predicted octanol–water partition coefficient (Wildman–Crippen LogP) is 6.04. The zero-order valence-electron chi connectivity index (χ0n) is 31.8. The van der Waals surface area contributed by atoms with Gasteiger partial charge in [-0.05, 0) is 41.5 Å². The van der Waals surface area contributed by atoms with Gasteiger partial charge in [-0.2, -0.15) is 0 Å². The number of amides is 3. The third-order valence-corrected chi connectivity index (χ3v) is 11.4. The fourth-order valence-electron chi connectivity index (χ4n) is 8.01. The van der Waals surface area contributed by atoms with E-state index in [1.54, 1.807) is 12.0 Å². The van der Waals surface area contributed by atoms with E-state index in [0.717, 1.165) is 22.9 Å². The molecule has 7 rings (SSSR count). The molecular formula is C44H48N4O7. The van der Waals surface area contributed by atoms with E-state index in [0.29, 0.717) is 35.8 Å². The van der Waals surface area contributed by atoms with Crippen LogP contribution in [0.15, 0.2) is 91.5 Å². The van der Waals surface area contributed by atoms with Crippen molar-refractivity contribution in [3.05, 3.63) is 103 Å². The van der Waals surface area contributed by atoms with Crippen molar-refractivity contribution in [3.63, 3.8) is 0 Å². The third kappa shape index (κ3) is 7.52. The standard InChI is InChI=1S/C44H48N4O7/c1-6-30-24-44(30,42(52)53)46-40(50)37-21-32(55-38-23-35(28-13-8-7-9-14-28)45-36-20-31(54-5)16-17-33(36)38)26-48(37)41(51)34(43(2,3)4)22-39(49)47-19-18-27-12-10-11-15-29(27)25-47/h6-17,20,23,30,32,34,37H,1,18-19,21-22,24-26H2,2-5H3,(H,46,50)(H,52,53)/t30?,32-,34?,37+,44?/m1/s1. The molecule has 55 heavy (non-hydrogen) atoms. The van der Waals surface area contributed by atoms with E-state index in [4.69, 9.17) is 14.5 Å². The van der Waals surface area contributed by atoms with Crippen molar-refractivity contribution in [1.29, 1.82) is 0 Å². The summed E-state index contributed by atoms with van der Waals surface area (Å²) in [4.78, 5) is 63.6. The van der Waals surface area contributed by atoms with Gasteiger partial charge >= 0.3 is 5.97 Å². The summed E-state index contributed by atoms with van der Waals surface area (Å²) in [5.41, 5.74) is 2.40. The van der Waals surface area contributed by atoms with Crippen molar-refractivity contribution >= 4 is 34.6 Å². The van der Waals surface area contributed by atoms with Gasteiger partial charge < -0.3 is 29.7 Å². The van der Waals surface area contributed by atoms with E-state index in [1.807, 2.05) is 93.6 Å². The van der Waals surface area contributed by atoms with Gasteiger partial charge in [0.1, 0.15) is 29.2 Å². The van der Waals surface area contributed by atoms with Crippen LogP contribution in [0.4, 0.5) is 0 Å². The molecule has 0 spiro atoms. The second-order valence-electron chi connectivity index (χ2n) is 16.0. The van der Waals surface area contributed by atoms with E-state index in [9.17, 15) is 24.3 Å². The van der Waals surface area contributed by atoms with Gasteiger partial charge in [0.25, 0.3) is 0 Å². The summed E-state index contributed by atoms with van der Waals surface area (Å²) in [6.07, 6.45) is 1.93. The summed E-state index contributed by atoms with van der Waals surface area (Å²) in [5, 5.41) is 13.6. The first-order valence-corrected chi connectivity index (χ1v) is 18.8. The van der Waals surface area contributed by atoms with Crippen molar-refractivity contribution in [1.82, 2.24) is 20.1 Å². The number of methoxy groups -OCH3 is 1. The Balaban J connectivity index is 1.20. The fraction of sp³-hybridized carbons (Fsp3) is 0.386. The molecule has 2 N–H and O–H groups in total. The van der Waals surface area contributed by atoms with Crippen LogP contribution < -0.4 is 14.8 Å². The largest absolute Gasteiger partial charge is 0.497 e. The molecule has 1 saturated heterocycles. The van der Waals surface area contributed by atoms with Crippen molar-refractivity contribution in [2.24, 2.45) is 17.3 Å². The lowest BCUT2D eigenvalue weighted by Crippen LogP contribution is -2.54. The van der Waals surface area contributed by atoms with Crippen LogP contribution in [0.25, 0.3) is 22.2 Å². The average molecular weight is 745 g/mol. The zero-order chi connectivity index (χ0) is 39.1. The van der Waals surface area contributed by atoms with Crippen LogP contribution in [0.3, 0.4) is 0 Å². The first-order valence-electron chi connectivity index (χ1n) is 18.8. The number of carboxylic acid groups (broad SMARTS) is 1. The number of hydrogen-bond donors (Lipinski definition) is 2. The van der Waals surface area contributed by atoms with Crippen LogP contribution >= 0.6 is 0 Å². The van der Waals surface area contributed by atoms with Gasteiger partial charge in [-0.25, -0.2) is 9.78 Å². The number of likely N-dealkylation sites (tertiary alicyclic amines) is 1. The molecule has 2 fully saturated rings. The molecule has 1 aromatic heterocycles. The minimum atomic E-state index is -1.48. The van der Waals surface area contributed by atoms with Crippen LogP contribution in [0.1, 0.15) is 51.2 Å². The number of rotatable bonds is 11. The lowest BCUT2D eigenvalue weighted by molar-refractivity contribution is -0.149. The highest BCUT2D eigenvalue weighted by atomic mass is 16.5. The monoisotopic (exact) mass is 744 g/mol. The van der Waals surface area contributed by atoms with Crippen molar-refractivity contribution < 1.29 is 33.8 Å². The van der Waals surface area contributed by atoms with Gasteiger partial charge in [0, 0.05) is 54.9 Å². The Morgan fingerprint density at radius 2 is 1.76 bits per heavy atom. The smallest absolute Gasteiger partial charge is 0.330 e. The first kappa shape index (κ1) is 37.6. The maximum Gasteiger partial charge on any atom is 0.330 e. The molecule has 0 radical (unpaired) electrons. The molecule has 11 heteroatoms. The van der Waals surface area contributed by atoms with Crippen LogP contribution in [-0.4, -0.2) is 81.5 Å². The summed E-state index contributed by atoms with van der Waals surface area (Å²) < 4.78 is 12.2. The molecule has 3 aromatic carbocycles. The second-order valence-corrected chi connectivity index (χ2v) is 16.0. The predicted molar refractivity (Wildman–Crippen MR) is 208 cm³/mol.